The van der Waals surface area contributed by atoms with Crippen molar-refractivity contribution in [2.24, 2.45) is 16.1 Å². The number of carbonyl (C=O) groups is 1. The lowest BCUT2D eigenvalue weighted by atomic mass is 9.92. The summed E-state index contributed by atoms with van der Waals surface area (Å²) in [6.45, 7) is 0. The van der Waals surface area contributed by atoms with Crippen LogP contribution in [-0.2, 0) is 14.3 Å². The third kappa shape index (κ3) is 1.56. The highest BCUT2D eigenvalue weighted by molar-refractivity contribution is 5.86. The normalized spacial score (nSPS) is 23.7. The van der Waals surface area contributed by atoms with Crippen molar-refractivity contribution in [2.75, 3.05) is 14.2 Å². The van der Waals surface area contributed by atoms with Gasteiger partial charge in [-0.05, 0) is 17.7 Å². The Hall–Kier alpha value is -1.91. The molecule has 5 heteroatoms. The highest BCUT2D eigenvalue weighted by Gasteiger charge is 2.28. The molecule has 1 heterocycles. The van der Waals surface area contributed by atoms with E-state index in [4.69, 9.17) is 9.47 Å². The second kappa shape index (κ2) is 3.68. The van der Waals surface area contributed by atoms with E-state index < -0.39 is 5.92 Å². The van der Waals surface area contributed by atoms with Gasteiger partial charge in [0.1, 0.15) is 0 Å². The smallest absolute Gasteiger partial charge is 0.276 e. The Bertz CT molecular complexity index is 418. The minimum absolute atomic E-state index is 0.284. The van der Waals surface area contributed by atoms with Gasteiger partial charge in [-0.15, -0.1) is 5.11 Å². The van der Waals surface area contributed by atoms with Crippen LogP contribution in [0.2, 0.25) is 0 Å². The van der Waals surface area contributed by atoms with Gasteiger partial charge in [0.2, 0.25) is 0 Å². The van der Waals surface area contributed by atoms with E-state index in [1.165, 1.54) is 7.11 Å². The second-order valence-corrected chi connectivity index (χ2v) is 3.11. The maximum atomic E-state index is 11.4. The van der Waals surface area contributed by atoms with Crippen molar-refractivity contribution in [1.82, 2.24) is 0 Å². The zero-order valence-electron chi connectivity index (χ0n) is 8.43. The summed E-state index contributed by atoms with van der Waals surface area (Å²) < 4.78 is 10.2. The summed E-state index contributed by atoms with van der Waals surface area (Å²) in [5.74, 6) is 0.458. The summed E-state index contributed by atoms with van der Waals surface area (Å²) in [5.41, 5.74) is 0.771. The van der Waals surface area contributed by atoms with Crippen LogP contribution in [0.1, 0.15) is 0 Å². The number of amides is 1. The average molecular weight is 206 g/mol. The van der Waals surface area contributed by atoms with E-state index in [0.29, 0.717) is 11.5 Å². The first-order valence-electron chi connectivity index (χ1n) is 4.43. The molecule has 0 saturated carbocycles. The molecule has 0 radical (unpaired) electrons. The van der Waals surface area contributed by atoms with Crippen molar-refractivity contribution in [2.45, 2.75) is 0 Å². The first kappa shape index (κ1) is 9.64. The van der Waals surface area contributed by atoms with Gasteiger partial charge < -0.3 is 9.47 Å². The number of azo groups is 1. The van der Waals surface area contributed by atoms with Gasteiger partial charge in [0.05, 0.1) is 26.3 Å². The van der Waals surface area contributed by atoms with Crippen molar-refractivity contribution >= 4 is 5.91 Å². The molecule has 1 aliphatic carbocycles. The molecule has 1 amide bonds. The topological polar surface area (TPSA) is 60.2 Å². The molecule has 0 aromatic rings. The summed E-state index contributed by atoms with van der Waals surface area (Å²) in [4.78, 5) is 11.4. The molecule has 0 saturated heterocycles. The van der Waals surface area contributed by atoms with Gasteiger partial charge in [0, 0.05) is 0 Å². The van der Waals surface area contributed by atoms with E-state index in [0.717, 1.165) is 5.57 Å². The number of hydrogen-bond acceptors (Lipinski definition) is 4. The molecule has 1 aliphatic heterocycles. The van der Waals surface area contributed by atoms with E-state index in [1.54, 1.807) is 25.5 Å². The zero-order valence-corrected chi connectivity index (χ0v) is 8.43. The van der Waals surface area contributed by atoms with E-state index in [-0.39, 0.29) is 5.91 Å². The van der Waals surface area contributed by atoms with Crippen LogP contribution in [-0.4, -0.2) is 20.1 Å². The fourth-order valence-electron chi connectivity index (χ4n) is 1.52. The molecule has 0 aromatic carbocycles. The third-order valence-electron chi connectivity index (χ3n) is 2.29. The van der Waals surface area contributed by atoms with E-state index in [9.17, 15) is 4.79 Å². The monoisotopic (exact) mass is 206 g/mol. The van der Waals surface area contributed by atoms with Crippen molar-refractivity contribution < 1.29 is 14.3 Å². The van der Waals surface area contributed by atoms with Crippen LogP contribution < -0.4 is 0 Å². The van der Waals surface area contributed by atoms with Crippen LogP contribution in [0.15, 0.2) is 45.7 Å². The van der Waals surface area contributed by atoms with Gasteiger partial charge in [-0.3, -0.25) is 4.79 Å². The number of nitrogens with zero attached hydrogens (tertiary/aromatic N) is 2. The molecular formula is C10H10N2O3. The Labute approximate surface area is 86.8 Å². The second-order valence-electron chi connectivity index (χ2n) is 3.11. The lowest BCUT2D eigenvalue weighted by Gasteiger charge is -2.21. The minimum atomic E-state index is -0.392. The van der Waals surface area contributed by atoms with Gasteiger partial charge in [-0.25, -0.2) is 0 Å². The predicted molar refractivity (Wildman–Crippen MR) is 51.6 cm³/mol. The fourth-order valence-corrected chi connectivity index (χ4v) is 1.52. The van der Waals surface area contributed by atoms with Crippen LogP contribution in [0, 0.1) is 5.92 Å². The maximum Gasteiger partial charge on any atom is 0.276 e. The molecule has 78 valence electrons. The number of methoxy groups -OCH3 is 2. The molecule has 5 nitrogen and oxygen atoms in total. The van der Waals surface area contributed by atoms with Crippen molar-refractivity contribution in [3.63, 3.8) is 0 Å². The molecule has 0 spiro atoms. The molecule has 2 rings (SSSR count). The zero-order chi connectivity index (χ0) is 10.8. The number of carbonyl (C=O) groups excluding carboxylic acids is 1. The van der Waals surface area contributed by atoms with Crippen molar-refractivity contribution in [1.29, 1.82) is 0 Å². The molecule has 0 bridgehead atoms. The van der Waals surface area contributed by atoms with Crippen LogP contribution in [0.4, 0.5) is 0 Å². The first-order chi connectivity index (χ1) is 7.26. The molecule has 1 atom stereocenters. The highest BCUT2D eigenvalue weighted by atomic mass is 16.5. The van der Waals surface area contributed by atoms with Crippen LogP contribution in [0.25, 0.3) is 0 Å². The Morgan fingerprint density at radius 1 is 1.27 bits per heavy atom. The Kier molecular flexibility index (Phi) is 2.37. The first-order valence-corrected chi connectivity index (χ1v) is 4.43. The number of allylic oxidation sites excluding steroid dienone is 1. The largest absolute Gasteiger partial charge is 0.493 e. The summed E-state index contributed by atoms with van der Waals surface area (Å²) in [6, 6.07) is 0. The van der Waals surface area contributed by atoms with Gasteiger partial charge >= 0.3 is 0 Å². The van der Waals surface area contributed by atoms with Crippen molar-refractivity contribution in [3.05, 3.63) is 35.4 Å². The summed E-state index contributed by atoms with van der Waals surface area (Å²) >= 11 is 0. The standard InChI is InChI=1S/C10H10N2O3/c1-14-8-3-6-5-11-12-10(13)7(6)4-9(8)15-2/h3-5,7H,1-2H3. The number of hydrogen-bond donors (Lipinski definition) is 0. The fraction of sp³-hybridized carbons (Fsp3) is 0.300. The number of ether oxygens (including phenoxy) is 2. The lowest BCUT2D eigenvalue weighted by molar-refractivity contribution is -0.120. The molecule has 0 N–H and O–H groups in total. The Morgan fingerprint density at radius 3 is 2.67 bits per heavy atom. The van der Waals surface area contributed by atoms with Crippen LogP contribution >= 0.6 is 0 Å². The minimum Gasteiger partial charge on any atom is -0.493 e. The predicted octanol–water partition coefficient (Wildman–Crippen LogP) is 1.55. The summed E-state index contributed by atoms with van der Waals surface area (Å²) in [6.07, 6.45) is 4.97. The van der Waals surface area contributed by atoms with Gasteiger partial charge in [-0.2, -0.15) is 5.11 Å². The van der Waals surface area contributed by atoms with Gasteiger partial charge in [-0.1, -0.05) is 0 Å². The molecular weight excluding hydrogens is 196 g/mol. The molecule has 0 aromatic heterocycles. The third-order valence-corrected chi connectivity index (χ3v) is 2.29. The SMILES string of the molecule is COC1=CC2=CN=NC(=O)C2C=C1OC. The van der Waals surface area contributed by atoms with E-state index in [2.05, 4.69) is 10.2 Å². The Balaban J connectivity index is 2.42. The van der Waals surface area contributed by atoms with Crippen LogP contribution in [0.5, 0.6) is 0 Å². The van der Waals surface area contributed by atoms with Gasteiger partial charge in [0.25, 0.3) is 5.91 Å². The highest BCUT2D eigenvalue weighted by Crippen LogP contribution is 2.30. The number of fused-ring (bicyclic) bond motifs is 1. The van der Waals surface area contributed by atoms with Crippen LogP contribution in [0.3, 0.4) is 0 Å². The van der Waals surface area contributed by atoms with Crippen molar-refractivity contribution in [3.8, 4) is 0 Å². The molecule has 1 unspecified atom stereocenters. The van der Waals surface area contributed by atoms with E-state index >= 15 is 0 Å². The molecule has 15 heavy (non-hydrogen) atoms. The molecule has 0 fully saturated rings. The quantitative estimate of drug-likeness (QED) is 0.688. The molecule has 2 aliphatic rings. The van der Waals surface area contributed by atoms with E-state index in [1.807, 2.05) is 0 Å². The summed E-state index contributed by atoms with van der Waals surface area (Å²) in [7, 11) is 3.08. The average Bonchev–Trinajstić information content (AvgIpc) is 2.28. The number of rotatable bonds is 2. The maximum absolute atomic E-state index is 11.4. The Morgan fingerprint density at radius 2 is 2.00 bits per heavy atom. The summed E-state index contributed by atoms with van der Waals surface area (Å²) in [5, 5.41) is 7.08. The lowest BCUT2D eigenvalue weighted by Crippen LogP contribution is -2.18. The van der Waals surface area contributed by atoms with Gasteiger partial charge in [0.15, 0.2) is 11.5 Å².